The van der Waals surface area contributed by atoms with Crippen LogP contribution in [0.4, 0.5) is 24.9 Å². The molecule has 172 valence electrons. The lowest BCUT2D eigenvalue weighted by molar-refractivity contribution is -0.147. The summed E-state index contributed by atoms with van der Waals surface area (Å²) in [4.78, 5) is 16.1. The minimum absolute atomic E-state index is 0.156. The van der Waals surface area contributed by atoms with Gasteiger partial charge in [-0.05, 0) is 31.4 Å². The second-order valence-corrected chi connectivity index (χ2v) is 9.49. The lowest BCUT2D eigenvalue weighted by Crippen LogP contribution is -2.36. The van der Waals surface area contributed by atoms with Gasteiger partial charge in [0.15, 0.2) is 5.82 Å². The number of aryl methyl sites for hydroxylation is 1. The third-order valence-electron chi connectivity index (χ3n) is 6.12. The van der Waals surface area contributed by atoms with Gasteiger partial charge in [-0.1, -0.05) is 13.3 Å². The van der Waals surface area contributed by atoms with Crippen LogP contribution in [-0.2, 0) is 25.7 Å². The molecule has 1 saturated heterocycles. The highest BCUT2D eigenvalue weighted by Crippen LogP contribution is 2.36. The molecule has 2 N–H and O–H groups in total. The quantitative estimate of drug-likeness (QED) is 0.618. The summed E-state index contributed by atoms with van der Waals surface area (Å²) in [5.41, 5.74) is 5.86. The number of aromatic nitrogens is 5. The minimum atomic E-state index is -4.51. The van der Waals surface area contributed by atoms with Gasteiger partial charge in [0.1, 0.15) is 10.6 Å². The SMILES string of the molecule is CCCc1cc2c(N3CCn4c(nnc4C(F)(F)F)C3)nc(N3CC[C@H](CN)C3)nc2s1. The van der Waals surface area contributed by atoms with Gasteiger partial charge >= 0.3 is 6.18 Å². The molecule has 0 radical (unpaired) electrons. The predicted molar refractivity (Wildman–Crippen MR) is 117 cm³/mol. The zero-order valence-electron chi connectivity index (χ0n) is 17.8. The van der Waals surface area contributed by atoms with Gasteiger partial charge in [0.25, 0.3) is 0 Å². The van der Waals surface area contributed by atoms with E-state index in [-0.39, 0.29) is 13.1 Å². The number of fused-ring (bicyclic) bond motifs is 2. The Morgan fingerprint density at radius 1 is 1.16 bits per heavy atom. The highest BCUT2D eigenvalue weighted by Gasteiger charge is 2.40. The van der Waals surface area contributed by atoms with Crippen LogP contribution in [0.25, 0.3) is 10.2 Å². The van der Waals surface area contributed by atoms with E-state index in [0.29, 0.717) is 30.8 Å². The van der Waals surface area contributed by atoms with Crippen molar-refractivity contribution < 1.29 is 13.2 Å². The van der Waals surface area contributed by atoms with Crippen LogP contribution in [0.15, 0.2) is 6.07 Å². The van der Waals surface area contributed by atoms with Gasteiger partial charge < -0.3 is 20.1 Å². The molecule has 1 fully saturated rings. The van der Waals surface area contributed by atoms with Crippen molar-refractivity contribution in [3.8, 4) is 0 Å². The number of alkyl halides is 3. The van der Waals surface area contributed by atoms with Gasteiger partial charge in [0, 0.05) is 31.1 Å². The smallest absolute Gasteiger partial charge is 0.347 e. The first-order valence-electron chi connectivity index (χ1n) is 10.9. The van der Waals surface area contributed by atoms with Gasteiger partial charge in [-0.3, -0.25) is 0 Å². The van der Waals surface area contributed by atoms with Gasteiger partial charge in [-0.2, -0.15) is 18.2 Å². The van der Waals surface area contributed by atoms with Crippen LogP contribution < -0.4 is 15.5 Å². The molecule has 0 bridgehead atoms. The number of halogens is 3. The van der Waals surface area contributed by atoms with Gasteiger partial charge in [0.05, 0.1) is 11.9 Å². The summed E-state index contributed by atoms with van der Waals surface area (Å²) >= 11 is 1.66. The van der Waals surface area contributed by atoms with Crippen molar-refractivity contribution in [1.82, 2.24) is 24.7 Å². The second-order valence-electron chi connectivity index (χ2n) is 8.38. The topological polar surface area (TPSA) is 89.0 Å². The van der Waals surface area contributed by atoms with E-state index in [4.69, 9.17) is 15.7 Å². The fourth-order valence-corrected chi connectivity index (χ4v) is 5.57. The summed E-state index contributed by atoms with van der Waals surface area (Å²) in [7, 11) is 0. The highest BCUT2D eigenvalue weighted by atomic mass is 32.1. The van der Waals surface area contributed by atoms with E-state index in [2.05, 4.69) is 28.1 Å². The average molecular weight is 467 g/mol. The van der Waals surface area contributed by atoms with E-state index in [1.165, 1.54) is 4.88 Å². The Bertz CT molecular complexity index is 1120. The van der Waals surface area contributed by atoms with E-state index in [1.807, 2.05) is 4.90 Å². The number of hydrogen-bond donors (Lipinski definition) is 1. The summed E-state index contributed by atoms with van der Waals surface area (Å²) in [5, 5.41) is 8.16. The number of hydrogen-bond acceptors (Lipinski definition) is 8. The van der Waals surface area contributed by atoms with Crippen LogP contribution in [0, 0.1) is 5.92 Å². The first-order chi connectivity index (χ1) is 15.4. The Labute approximate surface area is 187 Å². The van der Waals surface area contributed by atoms with Crippen LogP contribution >= 0.6 is 11.3 Å². The van der Waals surface area contributed by atoms with Crippen LogP contribution in [-0.4, -0.2) is 50.9 Å². The summed E-state index contributed by atoms with van der Waals surface area (Å²) < 4.78 is 40.9. The Morgan fingerprint density at radius 3 is 2.72 bits per heavy atom. The van der Waals surface area contributed by atoms with Crippen molar-refractivity contribution in [3.05, 3.63) is 22.6 Å². The van der Waals surface area contributed by atoms with Gasteiger partial charge in [0.2, 0.25) is 11.8 Å². The van der Waals surface area contributed by atoms with E-state index in [0.717, 1.165) is 53.0 Å². The van der Waals surface area contributed by atoms with Crippen LogP contribution in [0.3, 0.4) is 0 Å². The molecule has 0 unspecified atom stereocenters. The van der Waals surface area contributed by atoms with Crippen molar-refractivity contribution in [2.75, 3.05) is 36.0 Å². The maximum Gasteiger partial charge on any atom is 0.451 e. The molecule has 0 saturated carbocycles. The molecule has 1 atom stereocenters. The van der Waals surface area contributed by atoms with Crippen LogP contribution in [0.5, 0.6) is 0 Å². The largest absolute Gasteiger partial charge is 0.451 e. The van der Waals surface area contributed by atoms with E-state index in [9.17, 15) is 13.2 Å². The fourth-order valence-electron chi connectivity index (χ4n) is 4.45. The molecule has 5 heterocycles. The van der Waals surface area contributed by atoms with E-state index >= 15 is 0 Å². The lowest BCUT2D eigenvalue weighted by atomic mass is 10.1. The van der Waals surface area contributed by atoms with E-state index in [1.54, 1.807) is 11.3 Å². The number of nitrogens with two attached hydrogens (primary N) is 1. The summed E-state index contributed by atoms with van der Waals surface area (Å²) in [6.07, 6.45) is -1.52. The second kappa shape index (κ2) is 8.14. The molecule has 0 aromatic carbocycles. The third-order valence-corrected chi connectivity index (χ3v) is 7.21. The molecular weight excluding hydrogens is 441 g/mol. The number of anilines is 2. The van der Waals surface area contributed by atoms with Crippen LogP contribution in [0.2, 0.25) is 0 Å². The normalized spacial score (nSPS) is 19.2. The maximum atomic E-state index is 13.2. The average Bonchev–Trinajstić information content (AvgIpc) is 3.49. The first kappa shape index (κ1) is 21.4. The predicted octanol–water partition coefficient (Wildman–Crippen LogP) is 3.06. The number of nitrogens with zero attached hydrogens (tertiary/aromatic N) is 7. The molecule has 32 heavy (non-hydrogen) atoms. The molecule has 0 amide bonds. The molecule has 8 nitrogen and oxygen atoms in total. The molecule has 3 aromatic heterocycles. The number of thiophene rings is 1. The summed E-state index contributed by atoms with van der Waals surface area (Å²) in [5.74, 6) is 1.20. The first-order valence-corrected chi connectivity index (χ1v) is 11.7. The van der Waals surface area contributed by atoms with Crippen molar-refractivity contribution in [1.29, 1.82) is 0 Å². The molecule has 0 spiro atoms. The summed E-state index contributed by atoms with van der Waals surface area (Å²) in [6, 6.07) is 2.12. The Hall–Kier alpha value is -2.47. The maximum absolute atomic E-state index is 13.2. The molecule has 3 aromatic rings. The highest BCUT2D eigenvalue weighted by molar-refractivity contribution is 7.18. The summed E-state index contributed by atoms with van der Waals surface area (Å²) in [6.45, 7) is 5.21. The van der Waals surface area contributed by atoms with Crippen molar-refractivity contribution in [2.45, 2.75) is 45.5 Å². The number of rotatable bonds is 5. The van der Waals surface area contributed by atoms with Gasteiger partial charge in [-0.15, -0.1) is 21.5 Å². The standard InChI is InChI=1S/C20H25F3N8S/c1-2-3-13-8-14-16(25-19(26-17(14)32-13)30-5-4-12(9-24)10-30)29-6-7-31-15(11-29)27-28-18(31)20(21,22)23/h8,12H,2-7,9-11,24H2,1H3/t12-/m1/s1. The van der Waals surface area contributed by atoms with Crippen molar-refractivity contribution >= 4 is 33.3 Å². The van der Waals surface area contributed by atoms with Crippen molar-refractivity contribution in [2.24, 2.45) is 11.7 Å². The molecule has 12 heteroatoms. The molecule has 5 rings (SSSR count). The third kappa shape index (κ3) is 3.79. The molecule has 0 aliphatic carbocycles. The molecular formula is C20H25F3N8S. The Morgan fingerprint density at radius 2 is 2.00 bits per heavy atom. The fraction of sp³-hybridized carbons (Fsp3) is 0.600. The zero-order valence-corrected chi connectivity index (χ0v) is 18.6. The lowest BCUT2D eigenvalue weighted by Gasteiger charge is -2.30. The van der Waals surface area contributed by atoms with Crippen molar-refractivity contribution in [3.63, 3.8) is 0 Å². The molecule has 2 aliphatic heterocycles. The monoisotopic (exact) mass is 466 g/mol. The Balaban J connectivity index is 1.53. The minimum Gasteiger partial charge on any atom is -0.347 e. The zero-order chi connectivity index (χ0) is 22.5. The van der Waals surface area contributed by atoms with Crippen LogP contribution in [0.1, 0.15) is 36.3 Å². The Kier molecular flexibility index (Phi) is 5.44. The van der Waals surface area contributed by atoms with Gasteiger partial charge in [-0.25, -0.2) is 4.98 Å². The van der Waals surface area contributed by atoms with E-state index < -0.39 is 12.0 Å². The molecule has 2 aliphatic rings.